The Bertz CT molecular complexity index is 1430. The van der Waals surface area contributed by atoms with Crippen molar-refractivity contribution in [3.8, 4) is 18.4 Å². The number of benzene rings is 3. The molecule has 0 fully saturated rings. The van der Waals surface area contributed by atoms with Crippen molar-refractivity contribution >= 4 is 34.4 Å². The highest BCUT2D eigenvalue weighted by atomic mass is 16.6. The molecule has 9 nitrogen and oxygen atoms in total. The van der Waals surface area contributed by atoms with Gasteiger partial charge in [-0.1, -0.05) is 48.4 Å². The van der Waals surface area contributed by atoms with Crippen molar-refractivity contribution in [1.82, 2.24) is 10.2 Å². The number of aliphatic hydroxyl groups excluding tert-OH is 1. The lowest BCUT2D eigenvalue weighted by molar-refractivity contribution is -0.140. The number of carbonyl (C=O) groups is 3. The van der Waals surface area contributed by atoms with Crippen LogP contribution in [0.25, 0.3) is 10.8 Å². The molecule has 2 unspecified atom stereocenters. The molecular formula is C30H30N4O5. The zero-order valence-electron chi connectivity index (χ0n) is 22.0. The average Bonchev–Trinajstić information content (AvgIpc) is 2.90. The average molecular weight is 527 g/mol. The number of nitrogens with one attached hydrogen (secondary N) is 2. The summed E-state index contributed by atoms with van der Waals surface area (Å²) in [6, 6.07) is 18.6. The van der Waals surface area contributed by atoms with Crippen molar-refractivity contribution in [2.24, 2.45) is 0 Å². The molecule has 0 saturated heterocycles. The van der Waals surface area contributed by atoms with Crippen molar-refractivity contribution in [3.63, 3.8) is 0 Å². The van der Waals surface area contributed by atoms with E-state index in [0.29, 0.717) is 16.8 Å². The number of hydrogen-bond acceptors (Lipinski definition) is 6. The largest absolute Gasteiger partial charge is 0.444 e. The Morgan fingerprint density at radius 2 is 1.72 bits per heavy atom. The molecule has 2 atom stereocenters. The number of alkyl carbamates (subject to hydrolysis) is 1. The summed E-state index contributed by atoms with van der Waals surface area (Å²) in [6.45, 7) is 3.67. The van der Waals surface area contributed by atoms with Crippen molar-refractivity contribution < 1.29 is 24.2 Å². The third-order valence-corrected chi connectivity index (χ3v) is 5.67. The van der Waals surface area contributed by atoms with Gasteiger partial charge in [0.15, 0.2) is 0 Å². The fourth-order valence-electron chi connectivity index (χ4n) is 3.92. The zero-order valence-corrected chi connectivity index (χ0v) is 22.0. The molecule has 3 amide bonds. The predicted molar refractivity (Wildman–Crippen MR) is 147 cm³/mol. The maximum Gasteiger partial charge on any atom is 0.408 e. The lowest BCUT2D eigenvalue weighted by Crippen LogP contribution is -2.54. The van der Waals surface area contributed by atoms with Crippen molar-refractivity contribution in [2.45, 2.75) is 38.5 Å². The quantitative estimate of drug-likeness (QED) is 0.303. The van der Waals surface area contributed by atoms with Gasteiger partial charge < -0.3 is 25.4 Å². The van der Waals surface area contributed by atoms with Gasteiger partial charge in [0.05, 0.1) is 12.7 Å². The van der Waals surface area contributed by atoms with E-state index in [-0.39, 0.29) is 0 Å². The number of amides is 3. The maximum atomic E-state index is 13.7. The molecule has 3 aromatic carbocycles. The van der Waals surface area contributed by atoms with Gasteiger partial charge in [0.25, 0.3) is 5.91 Å². The summed E-state index contributed by atoms with van der Waals surface area (Å²) in [4.78, 5) is 40.6. The monoisotopic (exact) mass is 526 g/mol. The predicted octanol–water partition coefficient (Wildman–Crippen LogP) is 3.74. The number of nitrogens with zero attached hydrogens (tertiary/aromatic N) is 2. The van der Waals surface area contributed by atoms with Gasteiger partial charge in [0, 0.05) is 11.3 Å². The first-order valence-electron chi connectivity index (χ1n) is 12.2. The number of hydrogen-bond donors (Lipinski definition) is 3. The molecular weight excluding hydrogens is 496 g/mol. The van der Waals surface area contributed by atoms with E-state index in [2.05, 4.69) is 16.6 Å². The van der Waals surface area contributed by atoms with Gasteiger partial charge in [-0.05, 0) is 61.4 Å². The van der Waals surface area contributed by atoms with Crippen LogP contribution < -0.4 is 10.6 Å². The minimum Gasteiger partial charge on any atom is -0.444 e. The van der Waals surface area contributed by atoms with Gasteiger partial charge in [-0.15, -0.1) is 6.42 Å². The minimum atomic E-state index is -1.46. The van der Waals surface area contributed by atoms with E-state index < -0.39 is 48.7 Å². The Labute approximate surface area is 227 Å². The Morgan fingerprint density at radius 3 is 2.31 bits per heavy atom. The van der Waals surface area contributed by atoms with Gasteiger partial charge >= 0.3 is 6.09 Å². The Morgan fingerprint density at radius 1 is 1.05 bits per heavy atom. The number of aliphatic hydroxyl groups is 1. The van der Waals surface area contributed by atoms with Crippen LogP contribution in [-0.2, 0) is 14.3 Å². The molecule has 39 heavy (non-hydrogen) atoms. The van der Waals surface area contributed by atoms with Crippen LogP contribution in [0.3, 0.4) is 0 Å². The molecule has 3 aromatic rings. The summed E-state index contributed by atoms with van der Waals surface area (Å²) in [5.74, 6) is 1.05. The smallest absolute Gasteiger partial charge is 0.408 e. The number of terminal acetylenes is 1. The summed E-state index contributed by atoms with van der Waals surface area (Å²) in [7, 11) is 0. The van der Waals surface area contributed by atoms with Crippen LogP contribution in [0.2, 0.25) is 0 Å². The first-order chi connectivity index (χ1) is 18.6. The van der Waals surface area contributed by atoms with Crippen LogP contribution in [0, 0.1) is 23.7 Å². The Balaban J connectivity index is 1.98. The van der Waals surface area contributed by atoms with E-state index in [9.17, 15) is 24.8 Å². The van der Waals surface area contributed by atoms with Crippen molar-refractivity contribution in [1.29, 1.82) is 5.26 Å². The molecule has 0 aromatic heterocycles. The van der Waals surface area contributed by atoms with Crippen LogP contribution in [-0.4, -0.2) is 52.7 Å². The van der Waals surface area contributed by atoms with E-state index in [1.807, 2.05) is 36.4 Å². The number of fused-ring (bicyclic) bond motifs is 1. The Hall–Kier alpha value is -4.86. The van der Waals surface area contributed by atoms with Crippen LogP contribution in [0.1, 0.15) is 37.9 Å². The second kappa shape index (κ2) is 12.6. The van der Waals surface area contributed by atoms with Crippen LogP contribution in [0.5, 0.6) is 0 Å². The molecule has 3 N–H and O–H groups in total. The fourth-order valence-corrected chi connectivity index (χ4v) is 3.92. The molecule has 0 saturated carbocycles. The van der Waals surface area contributed by atoms with E-state index >= 15 is 0 Å². The number of rotatable bonds is 8. The second-order valence-corrected chi connectivity index (χ2v) is 9.73. The molecule has 0 radical (unpaired) electrons. The fraction of sp³-hybridized carbons (Fsp3) is 0.267. The van der Waals surface area contributed by atoms with Crippen molar-refractivity contribution in [3.05, 3.63) is 77.9 Å². The topological polar surface area (TPSA) is 132 Å². The highest BCUT2D eigenvalue weighted by molar-refractivity contribution is 6.00. The lowest BCUT2D eigenvalue weighted by atomic mass is 10.0. The molecule has 0 heterocycles. The SMILES string of the molecule is C#Cc1ccc(C(C(=O)Nc2ccc3ccccc3c2)N(CC#N)C(=O)C(CO)NC(=O)OC(C)(C)C)cc1. The van der Waals surface area contributed by atoms with Crippen LogP contribution >= 0.6 is 0 Å². The van der Waals surface area contributed by atoms with Crippen molar-refractivity contribution in [2.75, 3.05) is 18.5 Å². The summed E-state index contributed by atoms with van der Waals surface area (Å²) in [5.41, 5.74) is 0.578. The summed E-state index contributed by atoms with van der Waals surface area (Å²) in [5, 5.41) is 26.5. The molecule has 0 aliphatic carbocycles. The van der Waals surface area contributed by atoms with Crippen LogP contribution in [0.15, 0.2) is 66.7 Å². The number of carbonyl (C=O) groups excluding carboxylic acids is 3. The first-order valence-corrected chi connectivity index (χ1v) is 12.2. The standard InChI is InChI=1S/C30H30N4O5/c1-5-20-10-12-22(13-11-20)26(27(36)32-24-15-14-21-8-6-7-9-23(21)18-24)34(17-16-31)28(37)25(19-35)33-29(38)39-30(2,3)4/h1,6-15,18,25-26,35H,17,19H2,2-4H3,(H,32,36)(H,33,38). The summed E-state index contributed by atoms with van der Waals surface area (Å²) >= 11 is 0. The van der Waals surface area contributed by atoms with Crippen LogP contribution in [0.4, 0.5) is 10.5 Å². The highest BCUT2D eigenvalue weighted by Crippen LogP contribution is 2.26. The van der Waals surface area contributed by atoms with E-state index in [4.69, 9.17) is 11.2 Å². The molecule has 0 spiro atoms. The van der Waals surface area contributed by atoms with E-state index in [1.165, 1.54) is 0 Å². The van der Waals surface area contributed by atoms with Gasteiger partial charge in [-0.25, -0.2) is 4.79 Å². The zero-order chi connectivity index (χ0) is 28.6. The molecule has 9 heteroatoms. The maximum absolute atomic E-state index is 13.7. The molecule has 0 aliphatic rings. The Kier molecular flexibility index (Phi) is 9.27. The summed E-state index contributed by atoms with van der Waals surface area (Å²) < 4.78 is 5.20. The van der Waals surface area contributed by atoms with Gasteiger partial charge in [0.2, 0.25) is 5.91 Å². The third kappa shape index (κ3) is 7.57. The first kappa shape index (κ1) is 28.7. The molecule has 3 rings (SSSR count). The lowest BCUT2D eigenvalue weighted by Gasteiger charge is -2.32. The third-order valence-electron chi connectivity index (χ3n) is 5.67. The van der Waals surface area contributed by atoms with Gasteiger partial charge in [-0.2, -0.15) is 5.26 Å². The van der Waals surface area contributed by atoms with E-state index in [1.54, 1.807) is 57.2 Å². The minimum absolute atomic E-state index is 0.379. The summed E-state index contributed by atoms with van der Waals surface area (Å²) in [6.07, 6.45) is 4.54. The molecule has 200 valence electrons. The highest BCUT2D eigenvalue weighted by Gasteiger charge is 2.36. The second-order valence-electron chi connectivity index (χ2n) is 9.73. The molecule has 0 bridgehead atoms. The number of anilines is 1. The number of ether oxygens (including phenoxy) is 1. The molecule has 0 aliphatic heterocycles. The van der Waals surface area contributed by atoms with E-state index in [0.717, 1.165) is 15.7 Å². The van der Waals surface area contributed by atoms with Gasteiger partial charge in [0.1, 0.15) is 24.2 Å². The normalized spacial score (nSPS) is 12.4. The van der Waals surface area contributed by atoms with Gasteiger partial charge in [-0.3, -0.25) is 9.59 Å². The number of nitriles is 1.